The second-order valence-corrected chi connectivity index (χ2v) is 7.35. The Morgan fingerprint density at radius 3 is 2.29 bits per heavy atom. The van der Waals surface area contributed by atoms with E-state index >= 15 is 0 Å². The molecule has 1 aromatic rings. The van der Waals surface area contributed by atoms with Crippen LogP contribution in [0.15, 0.2) is 24.3 Å². The van der Waals surface area contributed by atoms with Gasteiger partial charge in [-0.3, -0.25) is 4.39 Å². The van der Waals surface area contributed by atoms with Gasteiger partial charge in [0.15, 0.2) is 6.29 Å². The van der Waals surface area contributed by atoms with Crippen molar-refractivity contribution in [3.05, 3.63) is 35.4 Å². The van der Waals surface area contributed by atoms with E-state index in [1.165, 1.54) is 43.2 Å². The Kier molecular flexibility index (Phi) is 7.10. The minimum absolute atomic E-state index is 0.0494. The number of halogens is 1. The predicted molar refractivity (Wildman–Crippen MR) is 95.0 cm³/mol. The Hall–Kier alpha value is -0.930. The molecule has 0 bridgehead atoms. The molecule has 134 valence electrons. The number of rotatable bonds is 7. The van der Waals surface area contributed by atoms with Crippen LogP contribution in [0.4, 0.5) is 4.39 Å². The molecule has 0 atom stereocenters. The van der Waals surface area contributed by atoms with Gasteiger partial charge in [-0.1, -0.05) is 24.3 Å². The van der Waals surface area contributed by atoms with Crippen molar-refractivity contribution in [3.63, 3.8) is 0 Å². The lowest BCUT2D eigenvalue weighted by atomic mass is 9.77. The summed E-state index contributed by atoms with van der Waals surface area (Å²) < 4.78 is 23.6. The van der Waals surface area contributed by atoms with Crippen molar-refractivity contribution in [1.82, 2.24) is 0 Å². The first kappa shape index (κ1) is 17.9. The molecule has 3 rings (SSSR count). The molecular formula is C21H31FO2. The molecule has 0 radical (unpaired) electrons. The average molecular weight is 334 g/mol. The Bertz CT molecular complexity index is 459. The summed E-state index contributed by atoms with van der Waals surface area (Å²) in [6.45, 7) is 1.50. The molecular weight excluding hydrogens is 303 g/mol. The van der Waals surface area contributed by atoms with Crippen LogP contribution in [-0.4, -0.2) is 26.2 Å². The van der Waals surface area contributed by atoms with E-state index in [9.17, 15) is 4.39 Å². The highest BCUT2D eigenvalue weighted by Gasteiger charge is 2.24. The SMILES string of the molecule is FCCCc1ccc(C2CCC(CCC3OCCCO3)CC2)cc1. The van der Waals surface area contributed by atoms with Crippen LogP contribution in [0.5, 0.6) is 0 Å². The van der Waals surface area contributed by atoms with Crippen molar-refractivity contribution in [2.24, 2.45) is 5.92 Å². The Balaban J connectivity index is 1.39. The van der Waals surface area contributed by atoms with Gasteiger partial charge in [0.05, 0.1) is 19.9 Å². The second kappa shape index (κ2) is 9.53. The van der Waals surface area contributed by atoms with Crippen LogP contribution in [0, 0.1) is 5.92 Å². The fourth-order valence-electron chi connectivity index (χ4n) is 4.09. The fourth-order valence-corrected chi connectivity index (χ4v) is 4.09. The molecule has 1 saturated carbocycles. The molecule has 1 heterocycles. The zero-order chi connectivity index (χ0) is 16.6. The number of benzene rings is 1. The third-order valence-electron chi connectivity index (χ3n) is 5.60. The van der Waals surface area contributed by atoms with Gasteiger partial charge in [0.25, 0.3) is 0 Å². The zero-order valence-electron chi connectivity index (χ0n) is 14.7. The summed E-state index contributed by atoms with van der Waals surface area (Å²) >= 11 is 0. The third kappa shape index (κ3) is 5.29. The van der Waals surface area contributed by atoms with E-state index in [0.717, 1.165) is 38.4 Å². The van der Waals surface area contributed by atoms with Gasteiger partial charge in [-0.25, -0.2) is 0 Å². The zero-order valence-corrected chi connectivity index (χ0v) is 14.7. The molecule has 1 saturated heterocycles. The topological polar surface area (TPSA) is 18.5 Å². The van der Waals surface area contributed by atoms with E-state index in [4.69, 9.17) is 9.47 Å². The average Bonchev–Trinajstić information content (AvgIpc) is 2.66. The fraction of sp³-hybridized carbons (Fsp3) is 0.714. The minimum atomic E-state index is -0.220. The van der Waals surface area contributed by atoms with Crippen LogP contribution in [-0.2, 0) is 15.9 Å². The van der Waals surface area contributed by atoms with Crippen LogP contribution in [0.25, 0.3) is 0 Å². The highest BCUT2D eigenvalue weighted by molar-refractivity contribution is 5.25. The Morgan fingerprint density at radius 2 is 1.62 bits per heavy atom. The van der Waals surface area contributed by atoms with E-state index < -0.39 is 0 Å². The number of hydrogen-bond donors (Lipinski definition) is 0. The van der Waals surface area contributed by atoms with E-state index in [0.29, 0.717) is 12.3 Å². The first-order valence-electron chi connectivity index (χ1n) is 9.73. The quantitative estimate of drug-likeness (QED) is 0.664. The standard InChI is InChI=1S/C21H31FO2/c22-14-1-3-17-4-9-19(10-5-17)20-11-6-18(7-12-20)8-13-21-23-15-2-16-24-21/h4-5,9-10,18,20-21H,1-3,6-8,11-16H2. The first-order chi connectivity index (χ1) is 11.8. The van der Waals surface area contributed by atoms with Gasteiger partial charge in [-0.05, 0) is 80.8 Å². The normalized spacial score (nSPS) is 25.7. The van der Waals surface area contributed by atoms with E-state index in [1.54, 1.807) is 0 Å². The molecule has 2 nitrogen and oxygen atoms in total. The van der Waals surface area contributed by atoms with Crippen LogP contribution < -0.4 is 0 Å². The molecule has 0 N–H and O–H groups in total. The number of aryl methyl sites for hydroxylation is 1. The molecule has 1 aromatic carbocycles. The molecule has 0 amide bonds. The van der Waals surface area contributed by atoms with E-state index in [1.807, 2.05) is 0 Å². The van der Waals surface area contributed by atoms with Gasteiger partial charge in [0.2, 0.25) is 0 Å². The number of alkyl halides is 1. The maximum absolute atomic E-state index is 12.3. The Morgan fingerprint density at radius 1 is 0.917 bits per heavy atom. The summed E-state index contributed by atoms with van der Waals surface area (Å²) in [5.74, 6) is 1.54. The van der Waals surface area contributed by atoms with Gasteiger partial charge in [-0.15, -0.1) is 0 Å². The lowest BCUT2D eigenvalue weighted by molar-refractivity contribution is -0.182. The first-order valence-corrected chi connectivity index (χ1v) is 9.73. The molecule has 1 aliphatic heterocycles. The smallest absolute Gasteiger partial charge is 0.157 e. The van der Waals surface area contributed by atoms with E-state index in [-0.39, 0.29) is 13.0 Å². The van der Waals surface area contributed by atoms with Gasteiger partial charge in [0.1, 0.15) is 0 Å². The molecule has 3 heteroatoms. The van der Waals surface area contributed by atoms with Crippen LogP contribution in [0.1, 0.15) is 68.4 Å². The van der Waals surface area contributed by atoms with Gasteiger partial charge < -0.3 is 9.47 Å². The van der Waals surface area contributed by atoms with Crippen LogP contribution in [0.3, 0.4) is 0 Å². The summed E-state index contributed by atoms with van der Waals surface area (Å²) in [4.78, 5) is 0. The van der Waals surface area contributed by atoms with Gasteiger partial charge >= 0.3 is 0 Å². The number of ether oxygens (including phenoxy) is 2. The molecule has 0 spiro atoms. The summed E-state index contributed by atoms with van der Waals surface area (Å²) in [5.41, 5.74) is 2.73. The largest absolute Gasteiger partial charge is 0.353 e. The van der Waals surface area contributed by atoms with Crippen molar-refractivity contribution >= 4 is 0 Å². The van der Waals surface area contributed by atoms with Crippen molar-refractivity contribution < 1.29 is 13.9 Å². The summed E-state index contributed by atoms with van der Waals surface area (Å²) in [6, 6.07) is 8.91. The highest BCUT2D eigenvalue weighted by atomic mass is 19.1. The summed E-state index contributed by atoms with van der Waals surface area (Å²) in [6.07, 6.45) is 10.1. The molecule has 0 unspecified atom stereocenters. The summed E-state index contributed by atoms with van der Waals surface area (Å²) in [5, 5.41) is 0. The maximum atomic E-state index is 12.3. The predicted octanol–water partition coefficient (Wildman–Crippen LogP) is 5.41. The van der Waals surface area contributed by atoms with Crippen molar-refractivity contribution in [2.75, 3.05) is 19.9 Å². The van der Waals surface area contributed by atoms with Gasteiger partial charge in [-0.2, -0.15) is 0 Å². The molecule has 0 aromatic heterocycles. The lowest BCUT2D eigenvalue weighted by Gasteiger charge is -2.30. The monoisotopic (exact) mass is 334 g/mol. The van der Waals surface area contributed by atoms with Crippen molar-refractivity contribution in [1.29, 1.82) is 0 Å². The number of hydrogen-bond acceptors (Lipinski definition) is 2. The lowest BCUT2D eigenvalue weighted by Crippen LogP contribution is -2.26. The van der Waals surface area contributed by atoms with Crippen LogP contribution >= 0.6 is 0 Å². The highest BCUT2D eigenvalue weighted by Crippen LogP contribution is 2.38. The maximum Gasteiger partial charge on any atom is 0.157 e. The second-order valence-electron chi connectivity index (χ2n) is 7.35. The Labute approximate surface area is 145 Å². The van der Waals surface area contributed by atoms with Gasteiger partial charge in [0, 0.05) is 0 Å². The molecule has 2 fully saturated rings. The molecule has 2 aliphatic rings. The summed E-state index contributed by atoms with van der Waals surface area (Å²) in [7, 11) is 0. The molecule has 24 heavy (non-hydrogen) atoms. The van der Waals surface area contributed by atoms with Crippen molar-refractivity contribution in [3.8, 4) is 0 Å². The third-order valence-corrected chi connectivity index (χ3v) is 5.60. The van der Waals surface area contributed by atoms with E-state index in [2.05, 4.69) is 24.3 Å². The minimum Gasteiger partial charge on any atom is -0.353 e. The molecule has 1 aliphatic carbocycles. The van der Waals surface area contributed by atoms with Crippen LogP contribution in [0.2, 0.25) is 0 Å². The van der Waals surface area contributed by atoms with Crippen molar-refractivity contribution in [2.45, 2.75) is 70.0 Å².